The van der Waals surface area contributed by atoms with Crippen molar-refractivity contribution >= 4 is 0 Å². The summed E-state index contributed by atoms with van der Waals surface area (Å²) in [6.45, 7) is 0.918. The second kappa shape index (κ2) is 5.28. The van der Waals surface area contributed by atoms with Gasteiger partial charge in [0.1, 0.15) is 24.2 Å². The van der Waals surface area contributed by atoms with Crippen LogP contribution in [0.25, 0.3) is 0 Å². The molecule has 2 aromatic rings. The highest BCUT2D eigenvalue weighted by molar-refractivity contribution is 5.44. The Labute approximate surface area is 111 Å². The fourth-order valence-electron chi connectivity index (χ4n) is 2.10. The normalized spacial score (nSPS) is 16.8. The summed E-state index contributed by atoms with van der Waals surface area (Å²) < 4.78 is 11.1. The van der Waals surface area contributed by atoms with Crippen LogP contribution in [0.3, 0.4) is 0 Å². The number of hydrogen-bond donors (Lipinski definition) is 1. The van der Waals surface area contributed by atoms with E-state index in [2.05, 4.69) is 4.98 Å². The first-order valence-corrected chi connectivity index (χ1v) is 6.29. The molecule has 0 radical (unpaired) electrons. The summed E-state index contributed by atoms with van der Waals surface area (Å²) in [6, 6.07) is 9.49. The Bertz CT molecular complexity index is 557. The average molecular weight is 257 g/mol. The number of hydrogen-bond acceptors (Lipinski definition) is 4. The Morgan fingerprint density at radius 2 is 2.32 bits per heavy atom. The van der Waals surface area contributed by atoms with Crippen molar-refractivity contribution in [1.82, 2.24) is 4.98 Å². The van der Waals surface area contributed by atoms with E-state index >= 15 is 0 Å². The topological polar surface area (TPSA) is 51.6 Å². The smallest absolute Gasteiger partial charge is 0.129 e. The lowest BCUT2D eigenvalue weighted by Gasteiger charge is -2.07. The van der Waals surface area contributed by atoms with Crippen LogP contribution in [0, 0.1) is 0 Å². The van der Waals surface area contributed by atoms with Crippen LogP contribution in [0.4, 0.5) is 0 Å². The highest BCUT2D eigenvalue weighted by Crippen LogP contribution is 2.34. The highest BCUT2D eigenvalue weighted by Gasteiger charge is 2.21. The van der Waals surface area contributed by atoms with Crippen molar-refractivity contribution in [3.05, 3.63) is 53.9 Å². The van der Waals surface area contributed by atoms with E-state index in [-0.39, 0.29) is 0 Å². The molecule has 1 N–H and O–H groups in total. The fraction of sp³-hybridized carbons (Fsp3) is 0.267. The summed E-state index contributed by atoms with van der Waals surface area (Å²) >= 11 is 0. The van der Waals surface area contributed by atoms with Gasteiger partial charge in [0, 0.05) is 30.4 Å². The van der Waals surface area contributed by atoms with Gasteiger partial charge in [0.15, 0.2) is 0 Å². The molecule has 1 aliphatic rings. The summed E-state index contributed by atoms with van der Waals surface area (Å²) in [7, 11) is 0. The maximum Gasteiger partial charge on any atom is 0.129 e. The highest BCUT2D eigenvalue weighted by atomic mass is 16.5. The number of ether oxygens (including phenoxy) is 2. The minimum absolute atomic E-state index is 0.328. The molecule has 1 aromatic heterocycles. The molecule has 0 spiro atoms. The average Bonchev–Trinajstić information content (AvgIpc) is 2.81. The van der Waals surface area contributed by atoms with Gasteiger partial charge in [0.25, 0.3) is 0 Å². The van der Waals surface area contributed by atoms with Crippen LogP contribution in [0.2, 0.25) is 0 Å². The molecule has 0 bridgehead atoms. The monoisotopic (exact) mass is 257 g/mol. The molecule has 1 aliphatic heterocycles. The van der Waals surface area contributed by atoms with Gasteiger partial charge in [0.2, 0.25) is 0 Å². The maximum absolute atomic E-state index is 9.62. The molecule has 1 unspecified atom stereocenters. The molecule has 0 fully saturated rings. The lowest BCUT2D eigenvalue weighted by molar-refractivity contribution is 0.140. The largest absolute Gasteiger partial charge is 0.493 e. The standard InChI is InChI=1S/C15H15NO3/c17-14-10-19-15-8-12(3-4-13(14)15)18-7-5-11-2-1-6-16-9-11/h1-4,6,8-9,14,17H,5,7,10H2. The predicted molar refractivity (Wildman–Crippen MR) is 70.3 cm³/mol. The van der Waals surface area contributed by atoms with Crippen LogP contribution in [0.5, 0.6) is 11.5 Å². The van der Waals surface area contributed by atoms with E-state index in [1.54, 1.807) is 6.20 Å². The fourth-order valence-corrected chi connectivity index (χ4v) is 2.10. The quantitative estimate of drug-likeness (QED) is 0.911. The predicted octanol–water partition coefficient (Wildman–Crippen LogP) is 2.13. The van der Waals surface area contributed by atoms with Crippen LogP contribution >= 0.6 is 0 Å². The van der Waals surface area contributed by atoms with Gasteiger partial charge in [-0.25, -0.2) is 0 Å². The first-order valence-electron chi connectivity index (χ1n) is 6.29. The molecule has 98 valence electrons. The second-order valence-corrected chi connectivity index (χ2v) is 4.49. The van der Waals surface area contributed by atoms with Gasteiger partial charge in [-0.15, -0.1) is 0 Å². The number of aliphatic hydroxyl groups excluding tert-OH is 1. The molecule has 0 saturated heterocycles. The van der Waals surface area contributed by atoms with Crippen molar-refractivity contribution < 1.29 is 14.6 Å². The third kappa shape index (κ3) is 2.69. The number of pyridine rings is 1. The molecular weight excluding hydrogens is 242 g/mol. The van der Waals surface area contributed by atoms with E-state index in [1.807, 2.05) is 36.5 Å². The number of aromatic nitrogens is 1. The third-order valence-corrected chi connectivity index (χ3v) is 3.12. The zero-order chi connectivity index (χ0) is 13.1. The molecule has 1 atom stereocenters. The molecule has 0 amide bonds. The van der Waals surface area contributed by atoms with Crippen molar-refractivity contribution in [3.8, 4) is 11.5 Å². The van der Waals surface area contributed by atoms with E-state index in [0.29, 0.717) is 19.0 Å². The first kappa shape index (κ1) is 12.0. The zero-order valence-corrected chi connectivity index (χ0v) is 10.5. The van der Waals surface area contributed by atoms with Crippen molar-refractivity contribution in [2.24, 2.45) is 0 Å². The Kier molecular flexibility index (Phi) is 3.33. The first-order chi connectivity index (χ1) is 9.33. The number of benzene rings is 1. The van der Waals surface area contributed by atoms with Crippen molar-refractivity contribution in [2.45, 2.75) is 12.5 Å². The molecule has 0 aliphatic carbocycles. The van der Waals surface area contributed by atoms with Gasteiger partial charge >= 0.3 is 0 Å². The molecule has 19 heavy (non-hydrogen) atoms. The molecule has 1 aromatic carbocycles. The Morgan fingerprint density at radius 1 is 1.37 bits per heavy atom. The lowest BCUT2D eigenvalue weighted by atomic mass is 10.1. The van der Waals surface area contributed by atoms with E-state index < -0.39 is 6.10 Å². The molecule has 4 heteroatoms. The number of aliphatic hydroxyl groups is 1. The molecule has 2 heterocycles. The van der Waals surface area contributed by atoms with Gasteiger partial charge in [-0.3, -0.25) is 4.98 Å². The van der Waals surface area contributed by atoms with Crippen LogP contribution < -0.4 is 9.47 Å². The Balaban J connectivity index is 1.59. The lowest BCUT2D eigenvalue weighted by Crippen LogP contribution is -2.01. The maximum atomic E-state index is 9.62. The Hall–Kier alpha value is -2.07. The van der Waals surface area contributed by atoms with E-state index in [9.17, 15) is 5.11 Å². The SMILES string of the molecule is OC1COc2cc(OCCc3cccnc3)ccc21. The van der Waals surface area contributed by atoms with Crippen molar-refractivity contribution in [1.29, 1.82) is 0 Å². The molecule has 0 saturated carbocycles. The molecular formula is C15H15NO3. The van der Waals surface area contributed by atoms with Gasteiger partial charge in [-0.05, 0) is 23.8 Å². The van der Waals surface area contributed by atoms with E-state index in [0.717, 1.165) is 23.3 Å². The van der Waals surface area contributed by atoms with Crippen LogP contribution in [-0.4, -0.2) is 23.3 Å². The van der Waals surface area contributed by atoms with Crippen LogP contribution in [-0.2, 0) is 6.42 Å². The third-order valence-electron chi connectivity index (χ3n) is 3.12. The number of nitrogens with zero attached hydrogens (tertiary/aromatic N) is 1. The van der Waals surface area contributed by atoms with Gasteiger partial charge in [0.05, 0.1) is 6.61 Å². The van der Waals surface area contributed by atoms with Crippen molar-refractivity contribution in [2.75, 3.05) is 13.2 Å². The van der Waals surface area contributed by atoms with Crippen molar-refractivity contribution in [3.63, 3.8) is 0 Å². The van der Waals surface area contributed by atoms with Crippen LogP contribution in [0.15, 0.2) is 42.7 Å². The summed E-state index contributed by atoms with van der Waals surface area (Å²) in [4.78, 5) is 4.06. The van der Waals surface area contributed by atoms with Crippen LogP contribution in [0.1, 0.15) is 17.2 Å². The summed E-state index contributed by atoms with van der Waals surface area (Å²) in [5, 5.41) is 9.62. The summed E-state index contributed by atoms with van der Waals surface area (Å²) in [6.07, 6.45) is 3.90. The number of rotatable bonds is 4. The van der Waals surface area contributed by atoms with Gasteiger partial charge in [-0.2, -0.15) is 0 Å². The Morgan fingerprint density at radius 3 is 3.16 bits per heavy atom. The van der Waals surface area contributed by atoms with Gasteiger partial charge < -0.3 is 14.6 Å². The minimum atomic E-state index is -0.514. The minimum Gasteiger partial charge on any atom is -0.493 e. The summed E-state index contributed by atoms with van der Waals surface area (Å²) in [5.74, 6) is 1.48. The summed E-state index contributed by atoms with van der Waals surface area (Å²) in [5.41, 5.74) is 1.98. The zero-order valence-electron chi connectivity index (χ0n) is 10.5. The second-order valence-electron chi connectivity index (χ2n) is 4.49. The van der Waals surface area contributed by atoms with Gasteiger partial charge in [-0.1, -0.05) is 6.07 Å². The van der Waals surface area contributed by atoms with E-state index in [1.165, 1.54) is 0 Å². The molecule has 4 nitrogen and oxygen atoms in total. The number of fused-ring (bicyclic) bond motifs is 1. The molecule has 3 rings (SSSR count). The van der Waals surface area contributed by atoms with E-state index in [4.69, 9.17) is 9.47 Å².